The zero-order chi connectivity index (χ0) is 11.3. The van der Waals surface area contributed by atoms with E-state index in [2.05, 4.69) is 25.1 Å². The highest BCUT2D eigenvalue weighted by atomic mass is 16.2. The van der Waals surface area contributed by atoms with Gasteiger partial charge < -0.3 is 10.6 Å². The number of nitrogens with two attached hydrogens (primary N) is 1. The first kappa shape index (κ1) is 9.85. The second-order valence-electron chi connectivity index (χ2n) is 4.97. The molecule has 1 aliphatic carbocycles. The first-order chi connectivity index (χ1) is 7.65. The van der Waals surface area contributed by atoms with Gasteiger partial charge in [-0.25, -0.2) is 0 Å². The number of fused-ring (bicyclic) bond motifs is 1. The predicted octanol–water partition coefficient (Wildman–Crippen LogP) is 1.23. The molecular weight excluding hydrogens is 200 g/mol. The molecule has 2 atom stereocenters. The molecule has 1 saturated carbocycles. The SMILES string of the molecule is Cc1ccc2c(c1)CC(=O)N2CC1CC1N. The van der Waals surface area contributed by atoms with E-state index in [4.69, 9.17) is 5.73 Å². The molecule has 16 heavy (non-hydrogen) atoms. The van der Waals surface area contributed by atoms with E-state index in [1.54, 1.807) is 0 Å². The summed E-state index contributed by atoms with van der Waals surface area (Å²) in [7, 11) is 0. The molecule has 0 aromatic heterocycles. The van der Waals surface area contributed by atoms with Crippen molar-refractivity contribution in [3.8, 4) is 0 Å². The Labute approximate surface area is 95.2 Å². The van der Waals surface area contributed by atoms with Crippen LogP contribution in [0.25, 0.3) is 0 Å². The molecule has 0 saturated heterocycles. The highest BCUT2D eigenvalue weighted by molar-refractivity contribution is 6.01. The number of amides is 1. The number of aryl methyl sites for hydroxylation is 1. The summed E-state index contributed by atoms with van der Waals surface area (Å²) >= 11 is 0. The molecule has 1 fully saturated rings. The molecule has 3 nitrogen and oxygen atoms in total. The van der Waals surface area contributed by atoms with Gasteiger partial charge in [0.1, 0.15) is 0 Å². The monoisotopic (exact) mass is 216 g/mol. The standard InChI is InChI=1S/C13H16N2O/c1-8-2-3-12-9(4-8)6-13(16)15(12)7-10-5-11(10)14/h2-4,10-11H,5-7,14H2,1H3. The molecule has 2 aliphatic rings. The molecule has 84 valence electrons. The average Bonchev–Trinajstić information content (AvgIpc) is 2.82. The number of carbonyl (C=O) groups is 1. The second kappa shape index (κ2) is 3.32. The van der Waals surface area contributed by atoms with Crippen LogP contribution < -0.4 is 10.6 Å². The molecule has 1 amide bonds. The molecule has 1 aliphatic heterocycles. The summed E-state index contributed by atoms with van der Waals surface area (Å²) in [5.41, 5.74) is 9.27. The fraction of sp³-hybridized carbons (Fsp3) is 0.462. The number of hydrogen-bond acceptors (Lipinski definition) is 2. The number of carbonyl (C=O) groups excluding carboxylic acids is 1. The van der Waals surface area contributed by atoms with Crippen LogP contribution in [-0.4, -0.2) is 18.5 Å². The van der Waals surface area contributed by atoms with E-state index in [0.29, 0.717) is 18.4 Å². The Balaban J connectivity index is 1.87. The topological polar surface area (TPSA) is 46.3 Å². The van der Waals surface area contributed by atoms with Crippen molar-refractivity contribution in [3.05, 3.63) is 29.3 Å². The zero-order valence-electron chi connectivity index (χ0n) is 9.44. The predicted molar refractivity (Wildman–Crippen MR) is 63.3 cm³/mol. The fourth-order valence-electron chi connectivity index (χ4n) is 2.43. The third kappa shape index (κ3) is 1.52. The van der Waals surface area contributed by atoms with Gasteiger partial charge >= 0.3 is 0 Å². The maximum Gasteiger partial charge on any atom is 0.231 e. The van der Waals surface area contributed by atoms with Gasteiger partial charge in [0.2, 0.25) is 5.91 Å². The van der Waals surface area contributed by atoms with E-state index in [-0.39, 0.29) is 5.91 Å². The van der Waals surface area contributed by atoms with E-state index in [1.807, 2.05) is 4.90 Å². The molecule has 1 aromatic rings. The van der Waals surface area contributed by atoms with E-state index in [9.17, 15) is 4.79 Å². The number of hydrogen-bond donors (Lipinski definition) is 1. The van der Waals surface area contributed by atoms with Gasteiger partial charge in [0.25, 0.3) is 0 Å². The minimum atomic E-state index is 0.222. The smallest absolute Gasteiger partial charge is 0.231 e. The molecule has 2 N–H and O–H groups in total. The number of rotatable bonds is 2. The van der Waals surface area contributed by atoms with Crippen molar-refractivity contribution in [2.24, 2.45) is 11.7 Å². The number of anilines is 1. The van der Waals surface area contributed by atoms with Crippen LogP contribution in [0.4, 0.5) is 5.69 Å². The Kier molecular flexibility index (Phi) is 2.04. The highest BCUT2D eigenvalue weighted by Gasteiger charge is 2.38. The molecule has 1 heterocycles. The lowest BCUT2D eigenvalue weighted by Crippen LogP contribution is -2.30. The van der Waals surface area contributed by atoms with Crippen LogP contribution in [0.3, 0.4) is 0 Å². The summed E-state index contributed by atoms with van der Waals surface area (Å²) in [6, 6.07) is 6.54. The van der Waals surface area contributed by atoms with Crippen molar-refractivity contribution in [3.63, 3.8) is 0 Å². The molecule has 3 heteroatoms. The Morgan fingerprint density at radius 1 is 1.50 bits per heavy atom. The maximum absolute atomic E-state index is 11.9. The average molecular weight is 216 g/mol. The van der Waals surface area contributed by atoms with E-state index >= 15 is 0 Å². The summed E-state index contributed by atoms with van der Waals surface area (Å²) < 4.78 is 0. The van der Waals surface area contributed by atoms with Gasteiger partial charge in [-0.05, 0) is 30.9 Å². The highest BCUT2D eigenvalue weighted by Crippen LogP contribution is 2.35. The summed E-state index contributed by atoms with van der Waals surface area (Å²) in [6.07, 6.45) is 1.62. The molecule has 1 aromatic carbocycles. The normalized spacial score (nSPS) is 27.1. The van der Waals surface area contributed by atoms with Crippen LogP contribution >= 0.6 is 0 Å². The number of benzene rings is 1. The lowest BCUT2D eigenvalue weighted by Gasteiger charge is -2.17. The lowest BCUT2D eigenvalue weighted by molar-refractivity contribution is -0.117. The van der Waals surface area contributed by atoms with E-state index < -0.39 is 0 Å². The molecule has 0 bridgehead atoms. The molecule has 0 spiro atoms. The van der Waals surface area contributed by atoms with Crippen LogP contribution in [0.5, 0.6) is 0 Å². The van der Waals surface area contributed by atoms with E-state index in [1.165, 1.54) is 11.1 Å². The largest absolute Gasteiger partial charge is 0.327 e. The lowest BCUT2D eigenvalue weighted by atomic mass is 10.1. The van der Waals surface area contributed by atoms with Crippen LogP contribution in [0.2, 0.25) is 0 Å². The first-order valence-electron chi connectivity index (χ1n) is 5.80. The van der Waals surface area contributed by atoms with Crippen LogP contribution in [0, 0.1) is 12.8 Å². The Hall–Kier alpha value is -1.35. The first-order valence-corrected chi connectivity index (χ1v) is 5.80. The Morgan fingerprint density at radius 2 is 2.25 bits per heavy atom. The summed E-state index contributed by atoms with van der Waals surface area (Å²) in [6.45, 7) is 2.86. The van der Waals surface area contributed by atoms with Crippen molar-refractivity contribution in [1.82, 2.24) is 0 Å². The fourth-order valence-corrected chi connectivity index (χ4v) is 2.43. The van der Waals surface area contributed by atoms with Gasteiger partial charge in [0, 0.05) is 18.3 Å². The Morgan fingerprint density at radius 3 is 2.94 bits per heavy atom. The second-order valence-corrected chi connectivity index (χ2v) is 4.97. The zero-order valence-corrected chi connectivity index (χ0v) is 9.44. The van der Waals surface area contributed by atoms with Crippen LogP contribution in [0.1, 0.15) is 17.5 Å². The molecular formula is C13H16N2O. The summed E-state index contributed by atoms with van der Waals surface area (Å²) in [5.74, 6) is 0.732. The van der Waals surface area contributed by atoms with Crippen LogP contribution in [-0.2, 0) is 11.2 Å². The van der Waals surface area contributed by atoms with Gasteiger partial charge in [0.05, 0.1) is 6.42 Å². The van der Waals surface area contributed by atoms with Crippen molar-refractivity contribution in [2.75, 3.05) is 11.4 Å². The summed E-state index contributed by atoms with van der Waals surface area (Å²) in [5, 5.41) is 0. The van der Waals surface area contributed by atoms with Crippen molar-refractivity contribution in [2.45, 2.75) is 25.8 Å². The summed E-state index contributed by atoms with van der Waals surface area (Å²) in [4.78, 5) is 13.8. The van der Waals surface area contributed by atoms with Gasteiger partial charge in [-0.3, -0.25) is 4.79 Å². The quantitative estimate of drug-likeness (QED) is 0.808. The molecule has 0 radical (unpaired) electrons. The van der Waals surface area contributed by atoms with Gasteiger partial charge in [-0.2, -0.15) is 0 Å². The van der Waals surface area contributed by atoms with Crippen LogP contribution in [0.15, 0.2) is 18.2 Å². The van der Waals surface area contributed by atoms with Crippen molar-refractivity contribution in [1.29, 1.82) is 0 Å². The van der Waals surface area contributed by atoms with Gasteiger partial charge in [-0.15, -0.1) is 0 Å². The minimum absolute atomic E-state index is 0.222. The third-order valence-corrected chi connectivity index (χ3v) is 3.56. The van der Waals surface area contributed by atoms with Crippen molar-refractivity contribution >= 4 is 11.6 Å². The van der Waals surface area contributed by atoms with Gasteiger partial charge in [-0.1, -0.05) is 17.7 Å². The molecule has 2 unspecified atom stereocenters. The molecule has 3 rings (SSSR count). The number of nitrogens with zero attached hydrogens (tertiary/aromatic N) is 1. The minimum Gasteiger partial charge on any atom is -0.327 e. The van der Waals surface area contributed by atoms with E-state index in [0.717, 1.165) is 18.7 Å². The Bertz CT molecular complexity index is 455. The maximum atomic E-state index is 11.9. The van der Waals surface area contributed by atoms with Crippen molar-refractivity contribution < 1.29 is 4.79 Å². The third-order valence-electron chi connectivity index (χ3n) is 3.56. The van der Waals surface area contributed by atoms with Gasteiger partial charge in [0.15, 0.2) is 0 Å².